The molecule has 2 heterocycles. The predicted molar refractivity (Wildman–Crippen MR) is 127 cm³/mol. The average molecular weight is 428 g/mol. The minimum absolute atomic E-state index is 0.210. The SMILES string of the molecule is O=C(/C=C\c1ccc(/C=C\C(=O)Nc2ccc(C3=NCCN3)cc2)cc1)NC1=NCCN1. The fourth-order valence-corrected chi connectivity index (χ4v) is 3.19. The average Bonchev–Trinajstić information content (AvgIpc) is 3.52. The van der Waals surface area contributed by atoms with Crippen LogP contribution in [0.3, 0.4) is 0 Å². The molecule has 162 valence electrons. The molecule has 2 amide bonds. The molecule has 8 heteroatoms. The minimum Gasteiger partial charge on any atom is -0.368 e. The number of anilines is 1. The first-order valence-corrected chi connectivity index (χ1v) is 10.4. The van der Waals surface area contributed by atoms with Crippen LogP contribution in [0.15, 0.2) is 70.7 Å². The van der Waals surface area contributed by atoms with E-state index in [-0.39, 0.29) is 11.8 Å². The van der Waals surface area contributed by atoms with E-state index >= 15 is 0 Å². The van der Waals surface area contributed by atoms with Crippen LogP contribution in [-0.4, -0.2) is 49.8 Å². The van der Waals surface area contributed by atoms with E-state index in [0.717, 1.165) is 47.8 Å². The van der Waals surface area contributed by atoms with E-state index < -0.39 is 0 Å². The van der Waals surface area contributed by atoms with Gasteiger partial charge in [-0.2, -0.15) is 0 Å². The molecule has 2 aliphatic rings. The van der Waals surface area contributed by atoms with Crippen molar-refractivity contribution in [2.75, 3.05) is 31.5 Å². The van der Waals surface area contributed by atoms with Crippen LogP contribution >= 0.6 is 0 Å². The summed E-state index contributed by atoms with van der Waals surface area (Å²) in [6.45, 7) is 3.07. The first-order valence-electron chi connectivity index (χ1n) is 10.4. The summed E-state index contributed by atoms with van der Waals surface area (Å²) in [5, 5.41) is 11.7. The Hall–Kier alpha value is -4.20. The highest BCUT2D eigenvalue weighted by molar-refractivity contribution is 6.04. The van der Waals surface area contributed by atoms with Gasteiger partial charge in [0, 0.05) is 36.5 Å². The number of benzene rings is 2. The van der Waals surface area contributed by atoms with Gasteiger partial charge in [-0.3, -0.25) is 24.9 Å². The zero-order chi connectivity index (χ0) is 22.2. The van der Waals surface area contributed by atoms with E-state index in [1.54, 1.807) is 12.2 Å². The lowest BCUT2D eigenvalue weighted by Gasteiger charge is -2.05. The Bertz CT molecular complexity index is 1100. The van der Waals surface area contributed by atoms with Gasteiger partial charge in [-0.25, -0.2) is 0 Å². The van der Waals surface area contributed by atoms with E-state index in [1.807, 2.05) is 48.5 Å². The van der Waals surface area contributed by atoms with Crippen molar-refractivity contribution in [3.05, 3.63) is 77.4 Å². The highest BCUT2D eigenvalue weighted by Crippen LogP contribution is 2.12. The molecule has 0 unspecified atom stereocenters. The van der Waals surface area contributed by atoms with Crippen LogP contribution in [0.5, 0.6) is 0 Å². The van der Waals surface area contributed by atoms with Crippen LogP contribution < -0.4 is 21.3 Å². The standard InChI is InChI=1S/C24H24N6O2/c31-21(29-20-9-7-19(8-10-20)23-25-13-14-26-23)11-5-17-1-3-18(4-2-17)6-12-22(32)30-24-27-15-16-28-24/h1-12H,13-16H2,(H,25,26)(H,29,31)(H2,27,28,30,32)/b11-5-,12-6-. The van der Waals surface area contributed by atoms with Gasteiger partial charge in [-0.05, 0) is 47.5 Å². The van der Waals surface area contributed by atoms with E-state index in [4.69, 9.17) is 0 Å². The minimum atomic E-state index is -0.237. The summed E-state index contributed by atoms with van der Waals surface area (Å²) in [5.74, 6) is 0.953. The molecule has 4 N–H and O–H groups in total. The molecule has 4 rings (SSSR count). The number of hydrogen-bond donors (Lipinski definition) is 4. The Kier molecular flexibility index (Phi) is 6.72. The van der Waals surface area contributed by atoms with Crippen molar-refractivity contribution in [3.63, 3.8) is 0 Å². The molecule has 0 fully saturated rings. The van der Waals surface area contributed by atoms with Crippen molar-refractivity contribution in [1.29, 1.82) is 0 Å². The van der Waals surface area contributed by atoms with E-state index in [9.17, 15) is 9.59 Å². The third-order valence-electron chi connectivity index (χ3n) is 4.81. The predicted octanol–water partition coefficient (Wildman–Crippen LogP) is 1.78. The normalized spacial score (nSPS) is 15.2. The Morgan fingerprint density at radius 2 is 1.34 bits per heavy atom. The van der Waals surface area contributed by atoms with E-state index in [1.165, 1.54) is 12.2 Å². The van der Waals surface area contributed by atoms with E-state index in [0.29, 0.717) is 12.5 Å². The van der Waals surface area contributed by atoms with Gasteiger partial charge in [0.05, 0.1) is 13.1 Å². The Labute approximate surface area is 186 Å². The van der Waals surface area contributed by atoms with Crippen molar-refractivity contribution in [2.24, 2.45) is 9.98 Å². The molecular formula is C24H24N6O2. The molecule has 0 radical (unpaired) electrons. The van der Waals surface area contributed by atoms with Crippen LogP contribution in [0.25, 0.3) is 12.2 Å². The maximum atomic E-state index is 12.2. The van der Waals surface area contributed by atoms with Crippen molar-refractivity contribution < 1.29 is 9.59 Å². The summed E-state index contributed by atoms with van der Waals surface area (Å²) >= 11 is 0. The molecule has 0 saturated carbocycles. The lowest BCUT2D eigenvalue weighted by atomic mass is 10.1. The summed E-state index contributed by atoms with van der Waals surface area (Å²) in [6, 6.07) is 15.1. The van der Waals surface area contributed by atoms with Gasteiger partial charge in [-0.15, -0.1) is 0 Å². The lowest BCUT2D eigenvalue weighted by Crippen LogP contribution is -2.37. The Morgan fingerprint density at radius 1 is 0.750 bits per heavy atom. The second-order valence-corrected chi connectivity index (χ2v) is 7.20. The smallest absolute Gasteiger partial charge is 0.250 e. The monoisotopic (exact) mass is 428 g/mol. The fraction of sp³-hybridized carbons (Fsp3) is 0.167. The highest BCUT2D eigenvalue weighted by atomic mass is 16.2. The second kappa shape index (κ2) is 10.2. The molecule has 0 bridgehead atoms. The molecule has 2 aromatic rings. The lowest BCUT2D eigenvalue weighted by molar-refractivity contribution is -0.115. The van der Waals surface area contributed by atoms with Crippen LogP contribution in [0.4, 0.5) is 5.69 Å². The number of nitrogens with one attached hydrogen (secondary N) is 4. The molecule has 0 saturated heterocycles. The van der Waals surface area contributed by atoms with Crippen molar-refractivity contribution >= 4 is 41.4 Å². The third-order valence-corrected chi connectivity index (χ3v) is 4.81. The third kappa shape index (κ3) is 5.91. The number of guanidine groups is 1. The highest BCUT2D eigenvalue weighted by Gasteiger charge is 2.08. The largest absolute Gasteiger partial charge is 0.368 e. The van der Waals surface area contributed by atoms with Crippen LogP contribution in [0.1, 0.15) is 16.7 Å². The molecular weight excluding hydrogens is 404 g/mol. The zero-order valence-corrected chi connectivity index (χ0v) is 17.5. The number of carbonyl (C=O) groups is 2. The van der Waals surface area contributed by atoms with Crippen molar-refractivity contribution in [3.8, 4) is 0 Å². The Morgan fingerprint density at radius 3 is 1.91 bits per heavy atom. The number of amides is 2. The summed E-state index contributed by atoms with van der Waals surface area (Å²) in [7, 11) is 0. The molecule has 2 aromatic carbocycles. The Balaban J connectivity index is 1.27. The first kappa shape index (κ1) is 21.0. The number of rotatable bonds is 6. The van der Waals surface area contributed by atoms with E-state index in [2.05, 4.69) is 31.3 Å². The van der Waals surface area contributed by atoms with Gasteiger partial charge in [0.2, 0.25) is 5.91 Å². The maximum absolute atomic E-state index is 12.2. The van der Waals surface area contributed by atoms with Gasteiger partial charge in [0.1, 0.15) is 5.84 Å². The molecule has 32 heavy (non-hydrogen) atoms. The molecule has 0 spiro atoms. The van der Waals surface area contributed by atoms with Crippen molar-refractivity contribution in [2.45, 2.75) is 0 Å². The van der Waals surface area contributed by atoms with Gasteiger partial charge >= 0.3 is 0 Å². The fourth-order valence-electron chi connectivity index (χ4n) is 3.19. The van der Waals surface area contributed by atoms with Gasteiger partial charge in [0.25, 0.3) is 5.91 Å². The number of aliphatic imine (C=N–C) groups is 2. The molecule has 0 atom stereocenters. The molecule has 2 aliphatic heterocycles. The number of hydrogen-bond acceptors (Lipinski definition) is 6. The summed E-state index contributed by atoms with van der Waals surface area (Å²) in [6.07, 6.45) is 6.41. The molecule has 0 aromatic heterocycles. The van der Waals surface area contributed by atoms with Gasteiger partial charge in [0.15, 0.2) is 5.96 Å². The molecule has 8 nitrogen and oxygen atoms in total. The first-order chi connectivity index (χ1) is 15.7. The quantitative estimate of drug-likeness (QED) is 0.526. The summed E-state index contributed by atoms with van der Waals surface area (Å²) in [5.41, 5.74) is 3.49. The summed E-state index contributed by atoms with van der Waals surface area (Å²) < 4.78 is 0. The second-order valence-electron chi connectivity index (χ2n) is 7.20. The number of amidine groups is 1. The maximum Gasteiger partial charge on any atom is 0.250 e. The van der Waals surface area contributed by atoms with Crippen LogP contribution in [0.2, 0.25) is 0 Å². The van der Waals surface area contributed by atoms with Crippen molar-refractivity contribution in [1.82, 2.24) is 16.0 Å². The summed E-state index contributed by atoms with van der Waals surface area (Å²) in [4.78, 5) is 32.6. The molecule has 0 aliphatic carbocycles. The van der Waals surface area contributed by atoms with Gasteiger partial charge < -0.3 is 16.0 Å². The topological polar surface area (TPSA) is 107 Å². The zero-order valence-electron chi connectivity index (χ0n) is 17.5. The van der Waals surface area contributed by atoms with Crippen LogP contribution in [0, 0.1) is 0 Å². The van der Waals surface area contributed by atoms with Gasteiger partial charge in [-0.1, -0.05) is 24.3 Å². The van der Waals surface area contributed by atoms with Crippen LogP contribution in [-0.2, 0) is 9.59 Å². The number of nitrogens with zero attached hydrogens (tertiary/aromatic N) is 2. The number of carbonyl (C=O) groups excluding carboxylic acids is 2.